The molecule has 0 spiro atoms. The molecule has 0 saturated carbocycles. The Hall–Kier alpha value is -1.26. The summed E-state index contributed by atoms with van der Waals surface area (Å²) >= 11 is 0. The first-order chi connectivity index (χ1) is 5.20. The zero-order valence-corrected chi connectivity index (χ0v) is 6.61. The molecule has 0 radical (unpaired) electrons. The van der Waals surface area contributed by atoms with Crippen LogP contribution in [0.2, 0.25) is 0 Å². The van der Waals surface area contributed by atoms with E-state index >= 15 is 0 Å². The Bertz CT molecular complexity index is 255. The van der Waals surface area contributed by atoms with Crippen molar-refractivity contribution in [2.24, 2.45) is 0 Å². The topological polar surface area (TPSA) is 60.7 Å². The van der Waals surface area contributed by atoms with Gasteiger partial charge in [0.05, 0.1) is 6.54 Å². The van der Waals surface area contributed by atoms with Crippen molar-refractivity contribution in [3.05, 3.63) is 5.82 Å². The summed E-state index contributed by atoms with van der Waals surface area (Å²) < 4.78 is 1.61. The van der Waals surface area contributed by atoms with Crippen LogP contribution in [0.1, 0.15) is 19.2 Å². The average Bonchev–Trinajstić information content (AvgIpc) is 2.31. The van der Waals surface area contributed by atoms with Gasteiger partial charge >= 0.3 is 0 Å². The molecule has 60 valence electrons. The third-order valence-electron chi connectivity index (χ3n) is 1.39. The normalized spacial score (nSPS) is 10.0. The van der Waals surface area contributed by atoms with Gasteiger partial charge in [-0.2, -0.15) is 0 Å². The van der Waals surface area contributed by atoms with Crippen molar-refractivity contribution >= 4 is 5.78 Å². The number of carbonyl (C=O) groups is 1. The minimum absolute atomic E-state index is 0.153. The molecule has 0 aliphatic carbocycles. The molecule has 0 bridgehead atoms. The minimum atomic E-state index is 0.153. The summed E-state index contributed by atoms with van der Waals surface area (Å²) in [6, 6.07) is 0. The van der Waals surface area contributed by atoms with E-state index in [2.05, 4.69) is 15.5 Å². The van der Waals surface area contributed by atoms with E-state index in [1.807, 2.05) is 0 Å². The maximum Gasteiger partial charge on any atom is 0.148 e. The van der Waals surface area contributed by atoms with Crippen LogP contribution in [0.5, 0.6) is 0 Å². The maximum absolute atomic E-state index is 10.6. The Kier molecular flexibility index (Phi) is 2.30. The van der Waals surface area contributed by atoms with Crippen molar-refractivity contribution < 1.29 is 4.79 Å². The third kappa shape index (κ3) is 2.10. The molecule has 5 nitrogen and oxygen atoms in total. The Morgan fingerprint density at radius 3 is 2.82 bits per heavy atom. The maximum atomic E-state index is 10.6. The fraction of sp³-hybridized carbons (Fsp3) is 0.667. The van der Waals surface area contributed by atoms with Gasteiger partial charge in [0.2, 0.25) is 0 Å². The van der Waals surface area contributed by atoms with E-state index < -0.39 is 0 Å². The summed E-state index contributed by atoms with van der Waals surface area (Å²) in [4.78, 5) is 10.6. The molecule has 1 aromatic rings. The SMILES string of the molecule is CC(=O)CCn1nnnc1C. The van der Waals surface area contributed by atoms with Crippen LogP contribution in [0.4, 0.5) is 0 Å². The molecule has 0 saturated heterocycles. The summed E-state index contributed by atoms with van der Waals surface area (Å²) in [5.41, 5.74) is 0. The monoisotopic (exact) mass is 154 g/mol. The average molecular weight is 154 g/mol. The molecule has 0 N–H and O–H groups in total. The van der Waals surface area contributed by atoms with E-state index in [0.29, 0.717) is 13.0 Å². The van der Waals surface area contributed by atoms with E-state index in [9.17, 15) is 4.79 Å². The smallest absolute Gasteiger partial charge is 0.148 e. The van der Waals surface area contributed by atoms with E-state index in [1.165, 1.54) is 0 Å². The van der Waals surface area contributed by atoms with Gasteiger partial charge < -0.3 is 0 Å². The Labute approximate surface area is 64.4 Å². The second-order valence-corrected chi connectivity index (χ2v) is 2.40. The fourth-order valence-electron chi connectivity index (χ4n) is 0.719. The van der Waals surface area contributed by atoms with Crippen molar-refractivity contribution in [2.75, 3.05) is 0 Å². The second kappa shape index (κ2) is 3.23. The number of nitrogens with zero attached hydrogens (tertiary/aromatic N) is 4. The number of Topliss-reactive ketones (excluding diaryl/α,β-unsaturated/α-hetero) is 1. The van der Waals surface area contributed by atoms with E-state index in [-0.39, 0.29) is 5.78 Å². The molecule has 1 heterocycles. The van der Waals surface area contributed by atoms with Gasteiger partial charge in [0.25, 0.3) is 0 Å². The predicted octanol–water partition coefficient (Wildman–Crippen LogP) is -0.0394. The first kappa shape index (κ1) is 7.84. The first-order valence-electron chi connectivity index (χ1n) is 3.42. The fourth-order valence-corrected chi connectivity index (χ4v) is 0.719. The number of carbonyl (C=O) groups excluding carboxylic acids is 1. The van der Waals surface area contributed by atoms with Crippen LogP contribution in [0.3, 0.4) is 0 Å². The molecule has 1 aromatic heterocycles. The zero-order valence-electron chi connectivity index (χ0n) is 6.61. The van der Waals surface area contributed by atoms with Crippen molar-refractivity contribution in [1.82, 2.24) is 20.2 Å². The molecule has 0 amide bonds. The zero-order chi connectivity index (χ0) is 8.27. The van der Waals surface area contributed by atoms with Crippen LogP contribution >= 0.6 is 0 Å². The molecular formula is C6H10N4O. The summed E-state index contributed by atoms with van der Waals surface area (Å²) in [6.07, 6.45) is 0.492. The summed E-state index contributed by atoms with van der Waals surface area (Å²) in [6.45, 7) is 3.94. The highest BCUT2D eigenvalue weighted by Crippen LogP contribution is 1.91. The standard InChI is InChI=1S/C6H10N4O/c1-5(11)3-4-10-6(2)7-8-9-10/h3-4H2,1-2H3. The first-order valence-corrected chi connectivity index (χ1v) is 3.42. The van der Waals surface area contributed by atoms with Gasteiger partial charge in [0.15, 0.2) is 0 Å². The van der Waals surface area contributed by atoms with Crippen molar-refractivity contribution in [2.45, 2.75) is 26.8 Å². The highest BCUT2D eigenvalue weighted by molar-refractivity contribution is 5.75. The van der Waals surface area contributed by atoms with Crippen LogP contribution in [0.25, 0.3) is 0 Å². The Morgan fingerprint density at radius 1 is 1.64 bits per heavy atom. The van der Waals surface area contributed by atoms with Crippen molar-refractivity contribution in [3.63, 3.8) is 0 Å². The number of aromatic nitrogens is 4. The number of tetrazole rings is 1. The van der Waals surface area contributed by atoms with Crippen LogP contribution < -0.4 is 0 Å². The number of rotatable bonds is 3. The lowest BCUT2D eigenvalue weighted by Crippen LogP contribution is -2.06. The number of hydrogen-bond acceptors (Lipinski definition) is 4. The van der Waals surface area contributed by atoms with Gasteiger partial charge in [0.1, 0.15) is 11.6 Å². The van der Waals surface area contributed by atoms with E-state index in [1.54, 1.807) is 18.5 Å². The van der Waals surface area contributed by atoms with Crippen LogP contribution in [0, 0.1) is 6.92 Å². The van der Waals surface area contributed by atoms with E-state index in [4.69, 9.17) is 0 Å². The number of aryl methyl sites for hydroxylation is 2. The number of hydrogen-bond donors (Lipinski definition) is 0. The largest absolute Gasteiger partial charge is 0.300 e. The van der Waals surface area contributed by atoms with Gasteiger partial charge in [-0.3, -0.25) is 4.79 Å². The molecule has 5 heteroatoms. The highest BCUT2D eigenvalue weighted by Gasteiger charge is 2.00. The molecule has 1 rings (SSSR count). The lowest BCUT2D eigenvalue weighted by atomic mass is 10.3. The molecule has 0 aromatic carbocycles. The van der Waals surface area contributed by atoms with Crippen LogP contribution in [-0.4, -0.2) is 26.0 Å². The van der Waals surface area contributed by atoms with Crippen molar-refractivity contribution in [3.8, 4) is 0 Å². The quantitative estimate of drug-likeness (QED) is 0.613. The summed E-state index contributed by atoms with van der Waals surface area (Å²) in [5, 5.41) is 10.8. The highest BCUT2D eigenvalue weighted by atomic mass is 16.1. The lowest BCUT2D eigenvalue weighted by molar-refractivity contribution is -0.117. The molecule has 0 fully saturated rings. The Morgan fingerprint density at radius 2 is 2.36 bits per heavy atom. The van der Waals surface area contributed by atoms with Gasteiger partial charge in [0, 0.05) is 6.42 Å². The van der Waals surface area contributed by atoms with Crippen LogP contribution in [-0.2, 0) is 11.3 Å². The molecule has 0 aliphatic rings. The predicted molar refractivity (Wildman–Crippen MR) is 37.9 cm³/mol. The molecule has 11 heavy (non-hydrogen) atoms. The second-order valence-electron chi connectivity index (χ2n) is 2.40. The van der Waals surface area contributed by atoms with Gasteiger partial charge in [-0.25, -0.2) is 4.68 Å². The lowest BCUT2D eigenvalue weighted by Gasteiger charge is -1.96. The van der Waals surface area contributed by atoms with Gasteiger partial charge in [-0.05, 0) is 24.3 Å². The van der Waals surface area contributed by atoms with Gasteiger partial charge in [-0.15, -0.1) is 5.10 Å². The molecule has 0 unspecified atom stereocenters. The Balaban J connectivity index is 2.51. The summed E-state index contributed by atoms with van der Waals surface area (Å²) in [7, 11) is 0. The molecule has 0 aliphatic heterocycles. The van der Waals surface area contributed by atoms with Crippen LogP contribution in [0.15, 0.2) is 0 Å². The van der Waals surface area contributed by atoms with Crippen molar-refractivity contribution in [1.29, 1.82) is 0 Å². The number of ketones is 1. The minimum Gasteiger partial charge on any atom is -0.300 e. The molecular weight excluding hydrogens is 144 g/mol. The molecule has 0 atom stereocenters. The third-order valence-corrected chi connectivity index (χ3v) is 1.39. The summed E-state index contributed by atoms with van der Waals surface area (Å²) in [5.74, 6) is 0.895. The van der Waals surface area contributed by atoms with Gasteiger partial charge in [-0.1, -0.05) is 0 Å². The van der Waals surface area contributed by atoms with E-state index in [0.717, 1.165) is 5.82 Å².